The summed E-state index contributed by atoms with van der Waals surface area (Å²) in [6.45, 7) is 2.73. The van der Waals surface area contributed by atoms with Gasteiger partial charge in [0.05, 0.1) is 6.42 Å². The molecule has 0 fully saturated rings. The second kappa shape index (κ2) is 12.8. The van der Waals surface area contributed by atoms with Crippen LogP contribution in [0.3, 0.4) is 0 Å². The molecule has 1 aliphatic rings. The van der Waals surface area contributed by atoms with Gasteiger partial charge in [-0.25, -0.2) is 4.79 Å². The highest BCUT2D eigenvalue weighted by atomic mass is 16.5. The van der Waals surface area contributed by atoms with E-state index < -0.39 is 12.1 Å². The largest absolute Gasteiger partial charge is 0.481 e. The van der Waals surface area contributed by atoms with Crippen LogP contribution in [-0.4, -0.2) is 42.3 Å². The third-order valence-corrected chi connectivity index (χ3v) is 6.12. The standard InChI is InChI=1S/C27H34N2O5/c1-2-10-19(17-26(31)32)29-25(30)15-4-3-9-16-28-27(33)34-18-24-22-13-7-5-11-20(22)21-12-6-8-14-23(21)24/h5-8,11-14,19,24H,2-4,9-10,15-18H2,1H3,(H,28,33)(H,29,30)(H,31,32)/t19-/m1/s1. The Bertz CT molecular complexity index is 945. The summed E-state index contributed by atoms with van der Waals surface area (Å²) in [6, 6.07) is 16.1. The van der Waals surface area contributed by atoms with Crippen molar-refractivity contribution in [2.24, 2.45) is 0 Å². The molecule has 0 saturated heterocycles. The number of unbranched alkanes of at least 4 members (excludes halogenated alkanes) is 2. The minimum absolute atomic E-state index is 0.0364. The molecule has 7 nitrogen and oxygen atoms in total. The van der Waals surface area contributed by atoms with Crippen molar-refractivity contribution in [1.29, 1.82) is 0 Å². The molecule has 2 aromatic carbocycles. The lowest BCUT2D eigenvalue weighted by molar-refractivity contribution is -0.137. The summed E-state index contributed by atoms with van der Waals surface area (Å²) < 4.78 is 5.52. The Morgan fingerprint density at radius 2 is 1.62 bits per heavy atom. The van der Waals surface area contributed by atoms with E-state index in [1.807, 2.05) is 31.2 Å². The first kappa shape index (κ1) is 25.3. The highest BCUT2D eigenvalue weighted by Crippen LogP contribution is 2.44. The Balaban J connectivity index is 1.32. The number of rotatable bonds is 13. The number of benzene rings is 2. The summed E-state index contributed by atoms with van der Waals surface area (Å²) >= 11 is 0. The van der Waals surface area contributed by atoms with Gasteiger partial charge in [-0.3, -0.25) is 9.59 Å². The van der Waals surface area contributed by atoms with Crippen LogP contribution in [0.25, 0.3) is 11.1 Å². The number of carboxylic acids is 1. The van der Waals surface area contributed by atoms with E-state index in [1.54, 1.807) is 0 Å². The van der Waals surface area contributed by atoms with Crippen LogP contribution in [0.2, 0.25) is 0 Å². The van der Waals surface area contributed by atoms with Gasteiger partial charge < -0.3 is 20.5 Å². The minimum Gasteiger partial charge on any atom is -0.481 e. The molecule has 34 heavy (non-hydrogen) atoms. The number of aliphatic carboxylic acids is 1. The molecule has 0 unspecified atom stereocenters. The Labute approximate surface area is 200 Å². The first-order valence-electron chi connectivity index (χ1n) is 12.1. The molecule has 0 aromatic heterocycles. The van der Waals surface area contributed by atoms with Crippen LogP contribution in [-0.2, 0) is 14.3 Å². The molecule has 0 heterocycles. The van der Waals surface area contributed by atoms with Crippen molar-refractivity contribution in [3.05, 3.63) is 59.7 Å². The van der Waals surface area contributed by atoms with Gasteiger partial charge in [0.25, 0.3) is 0 Å². The average molecular weight is 467 g/mol. The predicted octanol–water partition coefficient (Wildman–Crippen LogP) is 4.85. The molecular weight excluding hydrogens is 432 g/mol. The molecule has 0 bridgehead atoms. The molecular formula is C27H34N2O5. The quantitative estimate of drug-likeness (QED) is 0.366. The second-order valence-corrected chi connectivity index (χ2v) is 8.71. The lowest BCUT2D eigenvalue weighted by Crippen LogP contribution is -2.36. The normalized spacial score (nSPS) is 13.0. The highest BCUT2D eigenvalue weighted by molar-refractivity contribution is 5.79. The molecule has 0 radical (unpaired) electrons. The van der Waals surface area contributed by atoms with Gasteiger partial charge in [0.1, 0.15) is 6.61 Å². The molecule has 7 heteroatoms. The molecule has 0 saturated carbocycles. The Morgan fingerprint density at radius 1 is 0.971 bits per heavy atom. The number of nitrogens with one attached hydrogen (secondary N) is 2. The first-order chi connectivity index (χ1) is 16.5. The number of ether oxygens (including phenoxy) is 1. The zero-order valence-corrected chi connectivity index (χ0v) is 19.7. The zero-order chi connectivity index (χ0) is 24.3. The van der Waals surface area contributed by atoms with Gasteiger partial charge in [-0.15, -0.1) is 0 Å². The number of carboxylic acid groups (broad SMARTS) is 1. The maximum absolute atomic E-state index is 12.2. The van der Waals surface area contributed by atoms with Crippen LogP contribution in [0.5, 0.6) is 0 Å². The number of amides is 2. The first-order valence-corrected chi connectivity index (χ1v) is 12.1. The summed E-state index contributed by atoms with van der Waals surface area (Å²) in [5.74, 6) is -0.989. The highest BCUT2D eigenvalue weighted by Gasteiger charge is 2.28. The molecule has 1 aliphatic carbocycles. The van der Waals surface area contributed by atoms with Gasteiger partial charge in [0.2, 0.25) is 5.91 Å². The Morgan fingerprint density at radius 3 is 2.24 bits per heavy atom. The van der Waals surface area contributed by atoms with E-state index in [-0.39, 0.29) is 30.9 Å². The molecule has 0 spiro atoms. The zero-order valence-electron chi connectivity index (χ0n) is 19.7. The lowest BCUT2D eigenvalue weighted by atomic mass is 9.98. The maximum Gasteiger partial charge on any atom is 0.407 e. The van der Waals surface area contributed by atoms with Crippen molar-refractivity contribution in [3.8, 4) is 11.1 Å². The van der Waals surface area contributed by atoms with Crippen molar-refractivity contribution >= 4 is 18.0 Å². The molecule has 182 valence electrons. The van der Waals surface area contributed by atoms with Gasteiger partial charge >= 0.3 is 12.1 Å². The molecule has 1 atom stereocenters. The summed E-state index contributed by atoms with van der Waals surface area (Å²) in [4.78, 5) is 35.1. The summed E-state index contributed by atoms with van der Waals surface area (Å²) in [5.41, 5.74) is 4.75. The smallest absolute Gasteiger partial charge is 0.407 e. The van der Waals surface area contributed by atoms with Crippen LogP contribution in [0.4, 0.5) is 4.79 Å². The summed E-state index contributed by atoms with van der Waals surface area (Å²) in [7, 11) is 0. The SMILES string of the molecule is CCC[C@H](CC(=O)O)NC(=O)CCCCCNC(=O)OCC1c2ccccc2-c2ccccc21. The van der Waals surface area contributed by atoms with Crippen LogP contribution >= 0.6 is 0 Å². The van der Waals surface area contributed by atoms with E-state index in [0.717, 1.165) is 19.3 Å². The fraction of sp³-hybridized carbons (Fsp3) is 0.444. The summed E-state index contributed by atoms with van der Waals surface area (Å²) in [6.07, 6.45) is 3.55. The molecule has 2 aromatic rings. The van der Waals surface area contributed by atoms with E-state index in [2.05, 4.69) is 34.9 Å². The van der Waals surface area contributed by atoms with Crippen molar-refractivity contribution < 1.29 is 24.2 Å². The number of alkyl carbamates (subject to hydrolysis) is 1. The van der Waals surface area contributed by atoms with E-state index in [1.165, 1.54) is 22.3 Å². The third-order valence-electron chi connectivity index (χ3n) is 6.12. The number of carbonyl (C=O) groups is 3. The van der Waals surface area contributed by atoms with E-state index in [4.69, 9.17) is 9.84 Å². The van der Waals surface area contributed by atoms with E-state index in [9.17, 15) is 14.4 Å². The Kier molecular flexibility index (Phi) is 9.50. The fourth-order valence-electron chi connectivity index (χ4n) is 4.51. The van der Waals surface area contributed by atoms with Gasteiger partial charge in [-0.05, 0) is 41.5 Å². The molecule has 3 rings (SSSR count). The maximum atomic E-state index is 12.2. The molecule has 2 amide bonds. The van der Waals surface area contributed by atoms with Gasteiger partial charge in [0, 0.05) is 24.9 Å². The molecule has 3 N–H and O–H groups in total. The number of fused-ring (bicyclic) bond motifs is 3. The van der Waals surface area contributed by atoms with Crippen LogP contribution in [0.1, 0.15) is 68.9 Å². The van der Waals surface area contributed by atoms with Crippen LogP contribution in [0, 0.1) is 0 Å². The van der Waals surface area contributed by atoms with Crippen LogP contribution in [0.15, 0.2) is 48.5 Å². The van der Waals surface area contributed by atoms with Crippen molar-refractivity contribution in [2.45, 2.75) is 63.8 Å². The van der Waals surface area contributed by atoms with E-state index in [0.29, 0.717) is 25.8 Å². The van der Waals surface area contributed by atoms with Gasteiger partial charge in [-0.2, -0.15) is 0 Å². The minimum atomic E-state index is -0.905. The predicted molar refractivity (Wildman–Crippen MR) is 131 cm³/mol. The number of hydrogen-bond acceptors (Lipinski definition) is 4. The van der Waals surface area contributed by atoms with Crippen molar-refractivity contribution in [3.63, 3.8) is 0 Å². The topological polar surface area (TPSA) is 105 Å². The van der Waals surface area contributed by atoms with E-state index >= 15 is 0 Å². The monoisotopic (exact) mass is 466 g/mol. The third kappa shape index (κ3) is 7.07. The van der Waals surface area contributed by atoms with Crippen molar-refractivity contribution in [2.75, 3.05) is 13.2 Å². The number of hydrogen-bond donors (Lipinski definition) is 3. The fourth-order valence-corrected chi connectivity index (χ4v) is 4.51. The lowest BCUT2D eigenvalue weighted by Gasteiger charge is -2.16. The molecule has 0 aliphatic heterocycles. The van der Waals surface area contributed by atoms with Crippen molar-refractivity contribution in [1.82, 2.24) is 10.6 Å². The number of carbonyl (C=O) groups excluding carboxylic acids is 2. The second-order valence-electron chi connectivity index (χ2n) is 8.71. The van der Waals surface area contributed by atoms with Gasteiger partial charge in [-0.1, -0.05) is 68.3 Å². The average Bonchev–Trinajstić information content (AvgIpc) is 3.13. The van der Waals surface area contributed by atoms with Gasteiger partial charge in [0.15, 0.2) is 0 Å². The van der Waals surface area contributed by atoms with Crippen LogP contribution < -0.4 is 10.6 Å². The Hall–Kier alpha value is -3.35. The summed E-state index contributed by atoms with van der Waals surface area (Å²) in [5, 5.41) is 14.5.